The summed E-state index contributed by atoms with van der Waals surface area (Å²) in [6.07, 6.45) is 0.252. The third-order valence-electron chi connectivity index (χ3n) is 5.19. The molecule has 0 aliphatic carbocycles. The van der Waals surface area contributed by atoms with Crippen LogP contribution < -0.4 is 0 Å². The summed E-state index contributed by atoms with van der Waals surface area (Å²) in [5, 5.41) is 3.80. The van der Waals surface area contributed by atoms with E-state index in [0.717, 1.165) is 24.1 Å². The maximum Gasteiger partial charge on any atom is 0.416 e. The van der Waals surface area contributed by atoms with Crippen LogP contribution in [0.25, 0.3) is 11.4 Å². The summed E-state index contributed by atoms with van der Waals surface area (Å²) in [6.45, 7) is 1.01. The van der Waals surface area contributed by atoms with Gasteiger partial charge < -0.3 is 14.2 Å². The molecule has 0 radical (unpaired) electrons. The van der Waals surface area contributed by atoms with Crippen LogP contribution >= 0.6 is 0 Å². The molecule has 0 bridgehead atoms. The first kappa shape index (κ1) is 21.9. The van der Waals surface area contributed by atoms with Crippen molar-refractivity contribution in [2.45, 2.75) is 31.5 Å². The molecule has 32 heavy (non-hydrogen) atoms. The Labute approximate surface area is 182 Å². The zero-order valence-electron chi connectivity index (χ0n) is 17.1. The molecule has 1 aromatic carbocycles. The minimum absolute atomic E-state index is 0.00460. The molecule has 1 aliphatic rings. The van der Waals surface area contributed by atoms with Crippen LogP contribution in [0, 0.1) is 0 Å². The summed E-state index contributed by atoms with van der Waals surface area (Å²) in [6, 6.07) is 8.56. The summed E-state index contributed by atoms with van der Waals surface area (Å²) >= 11 is 0. The predicted octanol–water partition coefficient (Wildman–Crippen LogP) is 4.07. The summed E-state index contributed by atoms with van der Waals surface area (Å²) in [5.74, 6) is 0.173. The summed E-state index contributed by atoms with van der Waals surface area (Å²) < 4.78 is 49.8. The van der Waals surface area contributed by atoms with Crippen molar-refractivity contribution in [3.8, 4) is 11.4 Å². The monoisotopic (exact) mass is 446 g/mol. The zero-order chi connectivity index (χ0) is 22.6. The second-order valence-corrected chi connectivity index (χ2v) is 7.44. The van der Waals surface area contributed by atoms with Crippen LogP contribution in [0.1, 0.15) is 36.0 Å². The number of aromatic nitrogens is 3. The Kier molecular flexibility index (Phi) is 6.50. The molecule has 1 unspecified atom stereocenters. The highest BCUT2D eigenvalue weighted by Crippen LogP contribution is 2.32. The largest absolute Gasteiger partial charge is 0.416 e. The average Bonchev–Trinajstić information content (AvgIpc) is 3.30. The van der Waals surface area contributed by atoms with Crippen LogP contribution in [-0.4, -0.2) is 45.6 Å². The molecule has 10 heteroatoms. The number of ether oxygens (including phenoxy) is 1. The molecule has 2 aromatic heterocycles. The molecule has 4 rings (SSSR count). The molecular formula is C22H21F3N4O3. The van der Waals surface area contributed by atoms with Crippen molar-refractivity contribution in [3.05, 3.63) is 65.8 Å². The van der Waals surface area contributed by atoms with Gasteiger partial charge in [0.05, 0.1) is 18.7 Å². The maximum absolute atomic E-state index is 13.0. The standard InChI is InChI=1S/C22H21F3N4O3/c23-22(24,25)17-5-2-4-16(13-17)20-27-21(32-28-20)18-14-29(11-12-31-18)19(30)6-1-3-15-7-9-26-10-8-15/h2,4-5,7-10,13,18H,1,3,6,11-12,14H2. The number of hydrogen-bond donors (Lipinski definition) is 0. The lowest BCUT2D eigenvalue weighted by atomic mass is 10.1. The van der Waals surface area contributed by atoms with Gasteiger partial charge in [0.2, 0.25) is 11.7 Å². The van der Waals surface area contributed by atoms with Crippen LogP contribution in [0.2, 0.25) is 0 Å². The van der Waals surface area contributed by atoms with Gasteiger partial charge in [-0.1, -0.05) is 17.3 Å². The highest BCUT2D eigenvalue weighted by molar-refractivity contribution is 5.76. The molecule has 1 saturated heterocycles. The lowest BCUT2D eigenvalue weighted by Crippen LogP contribution is -2.42. The van der Waals surface area contributed by atoms with Gasteiger partial charge in [0.1, 0.15) is 0 Å². The lowest BCUT2D eigenvalue weighted by Gasteiger charge is -2.31. The van der Waals surface area contributed by atoms with E-state index in [2.05, 4.69) is 15.1 Å². The highest BCUT2D eigenvalue weighted by Gasteiger charge is 2.32. The van der Waals surface area contributed by atoms with Gasteiger partial charge in [-0.15, -0.1) is 0 Å². The minimum atomic E-state index is -4.46. The Bertz CT molecular complexity index is 1060. The number of hydrogen-bond acceptors (Lipinski definition) is 6. The van der Waals surface area contributed by atoms with E-state index in [4.69, 9.17) is 9.26 Å². The van der Waals surface area contributed by atoms with E-state index in [-0.39, 0.29) is 29.7 Å². The van der Waals surface area contributed by atoms with Gasteiger partial charge in [0, 0.05) is 30.9 Å². The van der Waals surface area contributed by atoms with E-state index < -0.39 is 17.8 Å². The van der Waals surface area contributed by atoms with Gasteiger partial charge in [0.25, 0.3) is 5.89 Å². The van der Waals surface area contributed by atoms with Crippen LogP contribution in [0.3, 0.4) is 0 Å². The molecule has 1 amide bonds. The first-order chi connectivity index (χ1) is 15.4. The first-order valence-electron chi connectivity index (χ1n) is 10.2. The number of nitrogens with zero attached hydrogens (tertiary/aromatic N) is 4. The van der Waals surface area contributed by atoms with Crippen LogP contribution in [0.15, 0.2) is 53.3 Å². The molecule has 0 saturated carbocycles. The Morgan fingerprint density at radius 2 is 2.00 bits per heavy atom. The quantitative estimate of drug-likeness (QED) is 0.568. The van der Waals surface area contributed by atoms with Gasteiger partial charge in [-0.2, -0.15) is 18.2 Å². The molecule has 168 valence electrons. The fraction of sp³-hybridized carbons (Fsp3) is 0.364. The van der Waals surface area contributed by atoms with Crippen molar-refractivity contribution in [1.82, 2.24) is 20.0 Å². The zero-order valence-corrected chi connectivity index (χ0v) is 17.1. The number of alkyl halides is 3. The summed E-state index contributed by atoms with van der Waals surface area (Å²) in [5.41, 5.74) is 0.522. The van der Waals surface area contributed by atoms with Crippen molar-refractivity contribution >= 4 is 5.91 Å². The van der Waals surface area contributed by atoms with Gasteiger partial charge in [-0.05, 0) is 42.7 Å². The summed E-state index contributed by atoms with van der Waals surface area (Å²) in [7, 11) is 0. The fourth-order valence-electron chi connectivity index (χ4n) is 3.49. The Hall–Kier alpha value is -3.27. The van der Waals surface area contributed by atoms with Gasteiger partial charge in [-0.25, -0.2) is 0 Å². The normalized spacial score (nSPS) is 16.8. The third-order valence-corrected chi connectivity index (χ3v) is 5.19. The number of carbonyl (C=O) groups is 1. The van der Waals surface area contributed by atoms with E-state index in [1.807, 2.05) is 12.1 Å². The smallest absolute Gasteiger partial charge is 0.365 e. The van der Waals surface area contributed by atoms with Crippen molar-refractivity contribution in [3.63, 3.8) is 0 Å². The van der Waals surface area contributed by atoms with Gasteiger partial charge in [0.15, 0.2) is 6.10 Å². The number of carbonyl (C=O) groups excluding carboxylic acids is 1. The Morgan fingerprint density at radius 1 is 1.19 bits per heavy atom. The Morgan fingerprint density at radius 3 is 2.78 bits per heavy atom. The topological polar surface area (TPSA) is 81.4 Å². The predicted molar refractivity (Wildman–Crippen MR) is 107 cm³/mol. The van der Waals surface area contributed by atoms with E-state index >= 15 is 0 Å². The number of amides is 1. The van der Waals surface area contributed by atoms with E-state index in [1.54, 1.807) is 17.3 Å². The van der Waals surface area contributed by atoms with Crippen molar-refractivity contribution in [2.24, 2.45) is 0 Å². The third kappa shape index (κ3) is 5.31. The molecule has 7 nitrogen and oxygen atoms in total. The van der Waals surface area contributed by atoms with Gasteiger partial charge >= 0.3 is 6.18 Å². The van der Waals surface area contributed by atoms with E-state index in [9.17, 15) is 18.0 Å². The van der Waals surface area contributed by atoms with Crippen molar-refractivity contribution in [1.29, 1.82) is 0 Å². The number of rotatable bonds is 6. The second-order valence-electron chi connectivity index (χ2n) is 7.44. The van der Waals surface area contributed by atoms with Crippen molar-refractivity contribution in [2.75, 3.05) is 19.7 Å². The molecule has 0 N–H and O–H groups in total. The van der Waals surface area contributed by atoms with Crippen LogP contribution in [0.4, 0.5) is 13.2 Å². The van der Waals surface area contributed by atoms with Gasteiger partial charge in [-0.3, -0.25) is 9.78 Å². The molecular weight excluding hydrogens is 425 g/mol. The lowest BCUT2D eigenvalue weighted by molar-refractivity contribution is -0.140. The highest BCUT2D eigenvalue weighted by atomic mass is 19.4. The number of aryl methyl sites for hydroxylation is 1. The summed E-state index contributed by atoms with van der Waals surface area (Å²) in [4.78, 5) is 22.5. The number of halogens is 3. The van der Waals surface area contributed by atoms with E-state index in [0.29, 0.717) is 26.0 Å². The fourth-order valence-corrected chi connectivity index (χ4v) is 3.49. The van der Waals surface area contributed by atoms with E-state index in [1.165, 1.54) is 12.1 Å². The average molecular weight is 446 g/mol. The number of morpholine rings is 1. The molecule has 3 heterocycles. The number of benzene rings is 1. The van der Waals surface area contributed by atoms with Crippen LogP contribution in [-0.2, 0) is 22.1 Å². The Balaban J connectivity index is 1.37. The van der Waals surface area contributed by atoms with Crippen molar-refractivity contribution < 1.29 is 27.2 Å². The van der Waals surface area contributed by atoms with Crippen LogP contribution in [0.5, 0.6) is 0 Å². The molecule has 3 aromatic rings. The first-order valence-corrected chi connectivity index (χ1v) is 10.2. The maximum atomic E-state index is 13.0. The minimum Gasteiger partial charge on any atom is -0.365 e. The SMILES string of the molecule is O=C(CCCc1ccncc1)N1CCOC(c2nc(-c3cccc(C(F)(F)F)c3)no2)C1. The molecule has 1 fully saturated rings. The second kappa shape index (κ2) is 9.47. The number of pyridine rings is 1. The molecule has 1 atom stereocenters. The molecule has 0 spiro atoms. The molecule has 1 aliphatic heterocycles.